The fraction of sp³-hybridized carbons (Fsp3) is 0.261. The molecule has 0 spiro atoms. The monoisotopic (exact) mass is 392 g/mol. The second-order valence-electron chi connectivity index (χ2n) is 7.47. The summed E-state index contributed by atoms with van der Waals surface area (Å²) in [6.45, 7) is 5.94. The molecule has 1 aromatic heterocycles. The number of hydrogen-bond acceptors (Lipinski definition) is 3. The Morgan fingerprint density at radius 2 is 1.76 bits per heavy atom. The van der Waals surface area contributed by atoms with Gasteiger partial charge in [0.1, 0.15) is 0 Å². The van der Waals surface area contributed by atoms with Gasteiger partial charge in [0.2, 0.25) is 0 Å². The standard InChI is InChI=1S/C23H24N2O4/c1-14(2)13-25-20(12-24-23(28)29)21(16-7-5-4-6-8-16)19-11-17(15(3)26)9-10-18(19)22(25)27/h4-11,14,24H,12-13H2,1-3H3,(H,28,29). The molecule has 0 aliphatic carbocycles. The molecular formula is C23H24N2O4. The van der Waals surface area contributed by atoms with E-state index in [1.165, 1.54) is 6.92 Å². The number of carboxylic acid groups (broad SMARTS) is 1. The lowest BCUT2D eigenvalue weighted by atomic mass is 9.94. The maximum absolute atomic E-state index is 13.3. The zero-order valence-corrected chi connectivity index (χ0v) is 16.7. The third kappa shape index (κ3) is 4.21. The number of benzene rings is 2. The average molecular weight is 392 g/mol. The summed E-state index contributed by atoms with van der Waals surface area (Å²) >= 11 is 0. The third-order valence-corrected chi connectivity index (χ3v) is 4.80. The fourth-order valence-electron chi connectivity index (χ4n) is 3.54. The largest absolute Gasteiger partial charge is 0.465 e. The minimum absolute atomic E-state index is 0.0121. The van der Waals surface area contributed by atoms with Crippen LogP contribution in [0.25, 0.3) is 21.9 Å². The number of hydrogen-bond donors (Lipinski definition) is 2. The van der Waals surface area contributed by atoms with Gasteiger partial charge >= 0.3 is 6.09 Å². The first-order valence-corrected chi connectivity index (χ1v) is 9.52. The molecular weight excluding hydrogens is 368 g/mol. The number of pyridine rings is 1. The van der Waals surface area contributed by atoms with E-state index in [0.29, 0.717) is 28.6 Å². The number of amides is 1. The summed E-state index contributed by atoms with van der Waals surface area (Å²) in [5, 5.41) is 12.7. The SMILES string of the molecule is CC(=O)c1ccc2c(=O)n(CC(C)C)c(CNC(=O)O)c(-c3ccccc3)c2c1. The van der Waals surface area contributed by atoms with Crippen molar-refractivity contribution in [2.75, 3.05) is 0 Å². The average Bonchev–Trinajstić information content (AvgIpc) is 2.68. The lowest BCUT2D eigenvalue weighted by Gasteiger charge is -2.21. The third-order valence-electron chi connectivity index (χ3n) is 4.80. The van der Waals surface area contributed by atoms with E-state index >= 15 is 0 Å². The van der Waals surface area contributed by atoms with Crippen LogP contribution in [0.2, 0.25) is 0 Å². The Labute approximate surface area is 168 Å². The van der Waals surface area contributed by atoms with Crippen molar-refractivity contribution < 1.29 is 14.7 Å². The Balaban J connectivity index is 2.46. The van der Waals surface area contributed by atoms with Gasteiger partial charge in [-0.25, -0.2) is 4.79 Å². The molecule has 29 heavy (non-hydrogen) atoms. The van der Waals surface area contributed by atoms with Crippen LogP contribution in [0.5, 0.6) is 0 Å². The predicted molar refractivity (Wildman–Crippen MR) is 113 cm³/mol. The first-order valence-electron chi connectivity index (χ1n) is 9.52. The van der Waals surface area contributed by atoms with Crippen LogP contribution in [0, 0.1) is 5.92 Å². The molecule has 3 rings (SSSR count). The molecule has 6 heteroatoms. The number of nitrogens with zero attached hydrogens (tertiary/aromatic N) is 1. The van der Waals surface area contributed by atoms with E-state index in [9.17, 15) is 14.4 Å². The highest BCUT2D eigenvalue weighted by molar-refractivity contribution is 6.03. The van der Waals surface area contributed by atoms with Crippen molar-refractivity contribution in [3.8, 4) is 11.1 Å². The van der Waals surface area contributed by atoms with E-state index in [0.717, 1.165) is 11.1 Å². The van der Waals surface area contributed by atoms with E-state index in [4.69, 9.17) is 5.11 Å². The highest BCUT2D eigenvalue weighted by Gasteiger charge is 2.20. The van der Waals surface area contributed by atoms with Crippen LogP contribution in [0.15, 0.2) is 53.3 Å². The fourth-order valence-corrected chi connectivity index (χ4v) is 3.54. The number of aromatic nitrogens is 1. The van der Waals surface area contributed by atoms with Crippen LogP contribution in [0.4, 0.5) is 4.79 Å². The molecule has 0 bridgehead atoms. The van der Waals surface area contributed by atoms with Crippen LogP contribution in [0.1, 0.15) is 36.8 Å². The number of nitrogens with one attached hydrogen (secondary N) is 1. The van der Waals surface area contributed by atoms with Crippen molar-refractivity contribution in [2.24, 2.45) is 5.92 Å². The Morgan fingerprint density at radius 3 is 2.34 bits per heavy atom. The normalized spacial score (nSPS) is 11.0. The Bertz CT molecular complexity index is 1130. The molecule has 0 aliphatic heterocycles. The highest BCUT2D eigenvalue weighted by Crippen LogP contribution is 2.32. The highest BCUT2D eigenvalue weighted by atomic mass is 16.4. The molecule has 0 fully saturated rings. The topological polar surface area (TPSA) is 88.4 Å². The van der Waals surface area contributed by atoms with E-state index in [1.54, 1.807) is 22.8 Å². The Morgan fingerprint density at radius 1 is 1.07 bits per heavy atom. The first-order chi connectivity index (χ1) is 13.8. The van der Waals surface area contributed by atoms with Gasteiger partial charge in [-0.1, -0.05) is 50.2 Å². The molecule has 0 atom stereocenters. The van der Waals surface area contributed by atoms with Gasteiger partial charge in [-0.15, -0.1) is 0 Å². The Hall–Kier alpha value is -3.41. The van der Waals surface area contributed by atoms with Crippen molar-refractivity contribution in [1.82, 2.24) is 9.88 Å². The summed E-state index contributed by atoms with van der Waals surface area (Å²) in [5.41, 5.74) is 2.53. The van der Waals surface area contributed by atoms with Crippen molar-refractivity contribution >= 4 is 22.6 Å². The van der Waals surface area contributed by atoms with Crippen molar-refractivity contribution in [3.05, 3.63) is 70.1 Å². The van der Waals surface area contributed by atoms with Gasteiger partial charge in [0.15, 0.2) is 5.78 Å². The second-order valence-corrected chi connectivity index (χ2v) is 7.47. The van der Waals surface area contributed by atoms with E-state index in [2.05, 4.69) is 5.32 Å². The number of carbonyl (C=O) groups excluding carboxylic acids is 1. The quantitative estimate of drug-likeness (QED) is 0.613. The van der Waals surface area contributed by atoms with Gasteiger partial charge in [-0.2, -0.15) is 0 Å². The molecule has 0 radical (unpaired) electrons. The van der Waals surface area contributed by atoms with Crippen molar-refractivity contribution in [3.63, 3.8) is 0 Å². The number of ketones is 1. The summed E-state index contributed by atoms with van der Waals surface area (Å²) < 4.78 is 1.65. The molecule has 0 unspecified atom stereocenters. The molecule has 3 aromatic rings. The summed E-state index contributed by atoms with van der Waals surface area (Å²) in [5.74, 6) is 0.0938. The Kier molecular flexibility index (Phi) is 5.82. The van der Waals surface area contributed by atoms with Gasteiger partial charge < -0.3 is 15.0 Å². The molecule has 2 aromatic carbocycles. The summed E-state index contributed by atoms with van der Waals surface area (Å²) in [6, 6.07) is 14.6. The smallest absolute Gasteiger partial charge is 0.404 e. The molecule has 1 amide bonds. The predicted octanol–water partition coefficient (Wildman–Crippen LogP) is 4.29. The number of carbonyl (C=O) groups is 2. The van der Waals surface area contributed by atoms with Crippen LogP contribution in [-0.2, 0) is 13.1 Å². The van der Waals surface area contributed by atoms with Gasteiger partial charge in [-0.3, -0.25) is 9.59 Å². The lowest BCUT2D eigenvalue weighted by Crippen LogP contribution is -2.31. The van der Waals surface area contributed by atoms with Gasteiger partial charge in [0.25, 0.3) is 5.56 Å². The maximum atomic E-state index is 13.3. The number of fused-ring (bicyclic) bond motifs is 1. The first kappa shape index (κ1) is 20.3. The summed E-state index contributed by atoms with van der Waals surface area (Å²) in [6.07, 6.45) is -1.16. The minimum atomic E-state index is -1.16. The van der Waals surface area contributed by atoms with E-state index in [1.807, 2.05) is 44.2 Å². The van der Waals surface area contributed by atoms with Crippen LogP contribution in [0.3, 0.4) is 0 Å². The van der Waals surface area contributed by atoms with Crippen molar-refractivity contribution in [2.45, 2.75) is 33.9 Å². The number of rotatable bonds is 6. The lowest BCUT2D eigenvalue weighted by molar-refractivity contribution is 0.101. The summed E-state index contributed by atoms with van der Waals surface area (Å²) in [4.78, 5) is 36.5. The van der Waals surface area contributed by atoms with Gasteiger partial charge in [-0.05, 0) is 35.9 Å². The molecule has 150 valence electrons. The van der Waals surface area contributed by atoms with E-state index < -0.39 is 6.09 Å². The molecule has 0 aliphatic rings. The zero-order chi connectivity index (χ0) is 21.1. The minimum Gasteiger partial charge on any atom is -0.465 e. The number of Topliss-reactive ketones (excluding diaryl/α,β-unsaturated/α-hetero) is 1. The van der Waals surface area contributed by atoms with Crippen molar-refractivity contribution in [1.29, 1.82) is 0 Å². The van der Waals surface area contributed by atoms with Crippen LogP contribution >= 0.6 is 0 Å². The molecule has 6 nitrogen and oxygen atoms in total. The second kappa shape index (κ2) is 8.31. The molecule has 0 saturated carbocycles. The molecule has 2 N–H and O–H groups in total. The van der Waals surface area contributed by atoms with Crippen LogP contribution in [-0.4, -0.2) is 21.6 Å². The van der Waals surface area contributed by atoms with Crippen LogP contribution < -0.4 is 10.9 Å². The van der Waals surface area contributed by atoms with Gasteiger partial charge in [0.05, 0.1) is 6.54 Å². The van der Waals surface area contributed by atoms with E-state index in [-0.39, 0.29) is 23.8 Å². The molecule has 0 saturated heterocycles. The maximum Gasteiger partial charge on any atom is 0.404 e. The zero-order valence-electron chi connectivity index (χ0n) is 16.7. The van der Waals surface area contributed by atoms with Gasteiger partial charge in [0, 0.05) is 28.8 Å². The molecule has 1 heterocycles. The summed E-state index contributed by atoms with van der Waals surface area (Å²) in [7, 11) is 0.